The molecule has 1 fully saturated rings. The molecule has 0 radical (unpaired) electrons. The van der Waals surface area contributed by atoms with Crippen LogP contribution in [0, 0.1) is 0 Å². The van der Waals surface area contributed by atoms with Gasteiger partial charge in [-0.15, -0.1) is 10.2 Å². The number of hydrogen-bond acceptors (Lipinski definition) is 7. The molecule has 0 amide bonds. The van der Waals surface area contributed by atoms with Gasteiger partial charge in [0.15, 0.2) is 0 Å². The van der Waals surface area contributed by atoms with Crippen molar-refractivity contribution in [2.75, 3.05) is 32.5 Å². The average Bonchev–Trinajstić information content (AvgIpc) is 3.38. The summed E-state index contributed by atoms with van der Waals surface area (Å²) < 4.78 is 106. The SMILES string of the molecule is [2H]c1cc(-c2ccc3nnn(CC(F)(F)F)c3c2)c2c(OC)nc(N[C@@H]3CCN(C([2H])([2H])[2H])CC3(F)F)nn12. The lowest BCUT2D eigenvalue weighted by molar-refractivity contribution is -0.142. The molecule has 35 heavy (non-hydrogen) atoms. The van der Waals surface area contributed by atoms with Crippen LogP contribution in [0.25, 0.3) is 27.7 Å². The highest BCUT2D eigenvalue weighted by molar-refractivity contribution is 5.89. The third-order valence-corrected chi connectivity index (χ3v) is 5.65. The Morgan fingerprint density at radius 2 is 2.14 bits per heavy atom. The molecule has 14 heteroatoms. The van der Waals surface area contributed by atoms with Gasteiger partial charge in [-0.1, -0.05) is 11.3 Å². The van der Waals surface area contributed by atoms with E-state index in [2.05, 4.69) is 25.7 Å². The number of methoxy groups -OCH3 is 1. The number of likely N-dealkylation sites (tertiary alicyclic amines) is 1. The van der Waals surface area contributed by atoms with Crippen LogP contribution in [0.1, 0.15) is 11.9 Å². The molecular weight excluding hydrogens is 475 g/mol. The number of rotatable bonds is 5. The Morgan fingerprint density at radius 1 is 1.31 bits per heavy atom. The molecule has 9 nitrogen and oxygen atoms in total. The first kappa shape index (κ1) is 18.7. The van der Waals surface area contributed by atoms with Gasteiger partial charge in [-0.3, -0.25) is 0 Å². The molecule has 1 N–H and O–H groups in total. The van der Waals surface area contributed by atoms with Gasteiger partial charge in [-0.25, -0.2) is 18.0 Å². The number of anilines is 1. The fourth-order valence-electron chi connectivity index (χ4n) is 4.04. The molecule has 3 aromatic heterocycles. The second kappa shape index (κ2) is 8.29. The van der Waals surface area contributed by atoms with E-state index in [1.165, 1.54) is 25.3 Å². The topological polar surface area (TPSA) is 85.4 Å². The van der Waals surface area contributed by atoms with Crippen LogP contribution in [0.3, 0.4) is 0 Å². The minimum absolute atomic E-state index is 0.0775. The lowest BCUT2D eigenvalue weighted by atomic mass is 10.0. The highest BCUT2D eigenvalue weighted by atomic mass is 19.4. The number of hydrogen-bond donors (Lipinski definition) is 1. The van der Waals surface area contributed by atoms with Gasteiger partial charge in [0.2, 0.25) is 11.8 Å². The van der Waals surface area contributed by atoms with Crippen LogP contribution in [-0.2, 0) is 6.54 Å². The third kappa shape index (κ3) is 4.45. The van der Waals surface area contributed by atoms with Crippen LogP contribution in [-0.4, -0.2) is 79.8 Å². The van der Waals surface area contributed by atoms with Crippen LogP contribution < -0.4 is 10.1 Å². The Balaban J connectivity index is 1.51. The molecule has 1 aliphatic heterocycles. The van der Waals surface area contributed by atoms with E-state index in [9.17, 15) is 22.0 Å². The van der Waals surface area contributed by atoms with Gasteiger partial charge in [0.25, 0.3) is 5.92 Å². The summed E-state index contributed by atoms with van der Waals surface area (Å²) in [7, 11) is 1.28. The van der Waals surface area contributed by atoms with E-state index in [0.717, 1.165) is 9.42 Å². The maximum Gasteiger partial charge on any atom is 0.408 e. The van der Waals surface area contributed by atoms with E-state index >= 15 is 0 Å². The normalized spacial score (nSPS) is 20.9. The van der Waals surface area contributed by atoms with Crippen LogP contribution in [0.15, 0.2) is 30.4 Å². The number of halogens is 5. The number of alkyl halides is 5. The van der Waals surface area contributed by atoms with Gasteiger partial charge >= 0.3 is 6.18 Å². The van der Waals surface area contributed by atoms with Crippen LogP contribution in [0.4, 0.5) is 27.9 Å². The first-order chi connectivity index (χ1) is 18.2. The first-order valence-electron chi connectivity index (χ1n) is 12.4. The van der Waals surface area contributed by atoms with Crippen molar-refractivity contribution in [3.63, 3.8) is 0 Å². The molecule has 0 spiro atoms. The third-order valence-electron chi connectivity index (χ3n) is 5.65. The highest BCUT2D eigenvalue weighted by Crippen LogP contribution is 2.34. The van der Waals surface area contributed by atoms with Crippen molar-refractivity contribution in [3.05, 3.63) is 30.4 Å². The smallest absolute Gasteiger partial charge is 0.408 e. The van der Waals surface area contributed by atoms with Crippen molar-refractivity contribution in [2.24, 2.45) is 0 Å². The molecule has 1 atom stereocenters. The molecule has 1 aromatic carbocycles. The van der Waals surface area contributed by atoms with E-state index in [4.69, 9.17) is 10.2 Å². The fourth-order valence-corrected chi connectivity index (χ4v) is 4.04. The Bertz CT molecular complexity index is 1540. The molecule has 0 bridgehead atoms. The maximum absolute atomic E-state index is 14.8. The molecule has 186 valence electrons. The summed E-state index contributed by atoms with van der Waals surface area (Å²) in [5, 5.41) is 14.0. The van der Waals surface area contributed by atoms with E-state index < -0.39 is 38.2 Å². The summed E-state index contributed by atoms with van der Waals surface area (Å²) in [6, 6.07) is 4.40. The second-order valence-corrected chi connectivity index (χ2v) is 8.13. The molecule has 1 saturated heterocycles. The van der Waals surface area contributed by atoms with E-state index in [1.807, 2.05) is 0 Å². The number of aromatic nitrogens is 6. The number of piperidine rings is 1. The summed E-state index contributed by atoms with van der Waals surface area (Å²) in [5.41, 5.74) is 1.28. The van der Waals surface area contributed by atoms with Crippen molar-refractivity contribution in [3.8, 4) is 17.0 Å². The summed E-state index contributed by atoms with van der Waals surface area (Å²) in [4.78, 5) is 4.90. The monoisotopic (exact) mass is 500 g/mol. The average molecular weight is 500 g/mol. The second-order valence-electron chi connectivity index (χ2n) is 8.13. The van der Waals surface area contributed by atoms with Gasteiger partial charge in [-0.05, 0) is 37.2 Å². The van der Waals surface area contributed by atoms with E-state index in [1.54, 1.807) is 6.07 Å². The number of ether oxygens (including phenoxy) is 1. The number of fused-ring (bicyclic) bond motifs is 2. The van der Waals surface area contributed by atoms with Crippen molar-refractivity contribution >= 4 is 22.5 Å². The Labute approximate surface area is 201 Å². The Morgan fingerprint density at radius 3 is 2.86 bits per heavy atom. The van der Waals surface area contributed by atoms with Gasteiger partial charge in [0.05, 0.1) is 26.6 Å². The number of nitrogens with one attached hydrogen (secondary N) is 1. The van der Waals surface area contributed by atoms with Crippen molar-refractivity contribution < 1.29 is 32.2 Å². The maximum atomic E-state index is 14.8. The van der Waals surface area contributed by atoms with Gasteiger partial charge in [-0.2, -0.15) is 18.2 Å². The largest absolute Gasteiger partial charge is 0.479 e. The van der Waals surface area contributed by atoms with Crippen molar-refractivity contribution in [2.45, 2.75) is 31.1 Å². The lowest BCUT2D eigenvalue weighted by Gasteiger charge is -2.36. The molecule has 1 aliphatic rings. The zero-order chi connectivity index (χ0) is 28.3. The lowest BCUT2D eigenvalue weighted by Crippen LogP contribution is -2.53. The standard InChI is InChI=1S/C21H21F5N8O/c1-32-7-6-16(20(22,23)10-32)27-19-28-18(35-2)17-13(5-8-33(17)30-19)12-3-4-14-15(9-12)34(31-29-14)11-21(24,25)26/h3-5,8-9,16H,6-7,10-11H2,1-2H3,(H,27,30)/t16-/m1/s1/i1D3,8D. The highest BCUT2D eigenvalue weighted by Gasteiger charge is 2.44. The zero-order valence-corrected chi connectivity index (χ0v) is 18.1. The Hall–Kier alpha value is -3.55. The van der Waals surface area contributed by atoms with Crippen LogP contribution >= 0.6 is 0 Å². The number of benzene rings is 1. The van der Waals surface area contributed by atoms with E-state index in [-0.39, 0.29) is 47.5 Å². The molecule has 0 unspecified atom stereocenters. The van der Waals surface area contributed by atoms with Crippen molar-refractivity contribution in [1.82, 2.24) is 34.5 Å². The van der Waals surface area contributed by atoms with Crippen LogP contribution in [0.5, 0.6) is 5.88 Å². The van der Waals surface area contributed by atoms with Gasteiger partial charge in [0, 0.05) is 22.4 Å². The molecule has 5 rings (SSSR count). The molecule has 0 saturated carbocycles. The summed E-state index contributed by atoms with van der Waals surface area (Å²) in [6.07, 6.45) is -4.90. The zero-order valence-electron chi connectivity index (χ0n) is 22.1. The molecule has 4 heterocycles. The predicted molar refractivity (Wildman–Crippen MR) is 117 cm³/mol. The molecular formula is C21H21F5N8O. The summed E-state index contributed by atoms with van der Waals surface area (Å²) in [5.74, 6) is -3.77. The quantitative estimate of drug-likeness (QED) is 0.420. The molecule has 4 aromatic rings. The van der Waals surface area contributed by atoms with E-state index in [0.29, 0.717) is 15.8 Å². The summed E-state index contributed by atoms with van der Waals surface area (Å²) in [6.45, 7) is -5.09. The number of nitrogens with zero attached hydrogens (tertiary/aromatic N) is 7. The van der Waals surface area contributed by atoms with Gasteiger partial charge in [0.1, 0.15) is 17.6 Å². The predicted octanol–water partition coefficient (Wildman–Crippen LogP) is 3.46. The minimum atomic E-state index is -4.52. The van der Waals surface area contributed by atoms with Crippen molar-refractivity contribution in [1.29, 1.82) is 0 Å². The summed E-state index contributed by atoms with van der Waals surface area (Å²) >= 11 is 0. The first-order valence-corrected chi connectivity index (χ1v) is 10.4. The molecule has 0 aliphatic carbocycles. The van der Waals surface area contributed by atoms with Crippen LogP contribution in [0.2, 0.25) is 0 Å². The van der Waals surface area contributed by atoms with Gasteiger partial charge < -0.3 is 15.0 Å². The fraction of sp³-hybridized carbons (Fsp3) is 0.429. The Kier molecular flexibility index (Phi) is 4.44. The minimum Gasteiger partial charge on any atom is -0.479 e.